The summed E-state index contributed by atoms with van der Waals surface area (Å²) in [6.45, 7) is 0.455. The lowest BCUT2D eigenvalue weighted by molar-refractivity contribution is -0.120. The molecule has 0 spiro atoms. The molecule has 0 aliphatic heterocycles. The number of amides is 1. The van der Waals surface area contributed by atoms with Crippen LogP contribution in [-0.4, -0.2) is 38.1 Å². The Labute approximate surface area is 154 Å². The van der Waals surface area contributed by atoms with Crippen LogP contribution >= 0.6 is 11.8 Å². The van der Waals surface area contributed by atoms with E-state index in [1.807, 2.05) is 48.5 Å². The molecule has 1 amide bonds. The van der Waals surface area contributed by atoms with E-state index in [1.165, 1.54) is 5.56 Å². The molecule has 2 aromatic rings. The number of thioether (sulfide) groups is 1. The number of carbonyl (C=O) groups excluding carboxylic acids is 1. The Balaban J connectivity index is 1.81. The van der Waals surface area contributed by atoms with Crippen molar-refractivity contribution in [3.8, 4) is 0 Å². The highest BCUT2D eigenvalue weighted by Gasteiger charge is 2.28. The lowest BCUT2D eigenvalue weighted by Gasteiger charge is -2.15. The van der Waals surface area contributed by atoms with Gasteiger partial charge in [0.1, 0.15) is 5.25 Å². The van der Waals surface area contributed by atoms with Crippen molar-refractivity contribution >= 4 is 27.5 Å². The molecule has 134 valence electrons. The van der Waals surface area contributed by atoms with Crippen molar-refractivity contribution < 1.29 is 13.2 Å². The van der Waals surface area contributed by atoms with Crippen molar-refractivity contribution in [1.29, 1.82) is 0 Å². The third-order valence-corrected chi connectivity index (χ3v) is 6.18. The maximum atomic E-state index is 12.3. The first kappa shape index (κ1) is 19.5. The van der Waals surface area contributed by atoms with Crippen LogP contribution in [0.2, 0.25) is 0 Å². The molecule has 0 radical (unpaired) electrons. The summed E-state index contributed by atoms with van der Waals surface area (Å²) in [6.07, 6.45) is 1.31. The van der Waals surface area contributed by atoms with Gasteiger partial charge in [-0.25, -0.2) is 8.42 Å². The molecule has 1 N–H and O–H groups in total. The van der Waals surface area contributed by atoms with Gasteiger partial charge < -0.3 is 5.32 Å². The summed E-state index contributed by atoms with van der Waals surface area (Å²) in [5.74, 6) is 1.19. The first-order chi connectivity index (χ1) is 12.0. The van der Waals surface area contributed by atoms with Gasteiger partial charge in [0.2, 0.25) is 5.91 Å². The summed E-state index contributed by atoms with van der Waals surface area (Å²) >= 11 is 1.71. The van der Waals surface area contributed by atoms with E-state index in [0.29, 0.717) is 6.54 Å². The van der Waals surface area contributed by atoms with Gasteiger partial charge in [0.25, 0.3) is 0 Å². The lowest BCUT2D eigenvalue weighted by atomic mass is 10.1. The molecule has 0 aliphatic carbocycles. The molecular weight excluding hydrogens is 354 g/mol. The summed E-state index contributed by atoms with van der Waals surface area (Å²) in [7, 11) is -3.47. The quantitative estimate of drug-likeness (QED) is 0.683. The van der Waals surface area contributed by atoms with E-state index in [2.05, 4.69) is 17.4 Å². The van der Waals surface area contributed by atoms with E-state index in [1.54, 1.807) is 11.8 Å². The average Bonchev–Trinajstić information content (AvgIpc) is 2.60. The summed E-state index contributed by atoms with van der Waals surface area (Å²) in [4.78, 5) is 12.3. The Morgan fingerprint density at radius 2 is 1.56 bits per heavy atom. The standard InChI is InChI=1S/C19H23NO3S2/c1-25(22,23)18(14-16-8-4-2-5-9-16)19(21)20-12-13-24-15-17-10-6-3-7-11-17/h2-11,18H,12-15H2,1H3,(H,20,21)/t18-/m0/s1. The van der Waals surface area contributed by atoms with Crippen LogP contribution in [0.15, 0.2) is 60.7 Å². The number of sulfone groups is 1. The molecule has 0 aromatic heterocycles. The van der Waals surface area contributed by atoms with E-state index < -0.39 is 21.0 Å². The number of benzene rings is 2. The zero-order chi connectivity index (χ0) is 18.1. The summed E-state index contributed by atoms with van der Waals surface area (Å²) in [5, 5.41) is 1.71. The third-order valence-electron chi connectivity index (χ3n) is 3.73. The maximum Gasteiger partial charge on any atom is 0.238 e. The van der Waals surface area contributed by atoms with Crippen molar-refractivity contribution in [1.82, 2.24) is 5.32 Å². The topological polar surface area (TPSA) is 63.2 Å². The van der Waals surface area contributed by atoms with E-state index in [0.717, 1.165) is 23.3 Å². The van der Waals surface area contributed by atoms with Gasteiger partial charge in [-0.1, -0.05) is 60.7 Å². The predicted molar refractivity (Wildman–Crippen MR) is 104 cm³/mol. The number of carbonyl (C=O) groups is 1. The highest BCUT2D eigenvalue weighted by Crippen LogP contribution is 2.12. The second-order valence-corrected chi connectivity index (χ2v) is 9.17. The Morgan fingerprint density at radius 3 is 2.12 bits per heavy atom. The predicted octanol–water partition coefficient (Wildman–Crippen LogP) is 2.69. The first-order valence-corrected chi connectivity index (χ1v) is 11.2. The lowest BCUT2D eigenvalue weighted by Crippen LogP contribution is -2.41. The van der Waals surface area contributed by atoms with Gasteiger partial charge in [0, 0.05) is 24.3 Å². The number of hydrogen-bond donors (Lipinski definition) is 1. The van der Waals surface area contributed by atoms with E-state index in [4.69, 9.17) is 0 Å². The smallest absolute Gasteiger partial charge is 0.238 e. The highest BCUT2D eigenvalue weighted by molar-refractivity contribution is 7.98. The minimum Gasteiger partial charge on any atom is -0.354 e. The van der Waals surface area contributed by atoms with Crippen LogP contribution in [0.4, 0.5) is 0 Å². The van der Waals surface area contributed by atoms with Gasteiger partial charge in [-0.15, -0.1) is 0 Å². The summed E-state index contributed by atoms with van der Waals surface area (Å²) < 4.78 is 24.0. The fourth-order valence-electron chi connectivity index (χ4n) is 2.39. The van der Waals surface area contributed by atoms with Gasteiger partial charge in [-0.05, 0) is 17.5 Å². The fourth-order valence-corrected chi connectivity index (χ4v) is 4.18. The molecule has 0 unspecified atom stereocenters. The van der Waals surface area contributed by atoms with Crippen molar-refractivity contribution in [2.75, 3.05) is 18.6 Å². The average molecular weight is 378 g/mol. The largest absolute Gasteiger partial charge is 0.354 e. The second-order valence-electron chi connectivity index (χ2n) is 5.84. The maximum absolute atomic E-state index is 12.3. The normalized spacial score (nSPS) is 12.5. The van der Waals surface area contributed by atoms with E-state index in [9.17, 15) is 13.2 Å². The molecule has 0 saturated heterocycles. The third kappa shape index (κ3) is 6.92. The van der Waals surface area contributed by atoms with Crippen LogP contribution in [0.25, 0.3) is 0 Å². The molecule has 2 aromatic carbocycles. The molecule has 0 saturated carbocycles. The molecule has 1 atom stereocenters. The van der Waals surface area contributed by atoms with Gasteiger partial charge >= 0.3 is 0 Å². The number of rotatable bonds is 9. The minimum atomic E-state index is -3.47. The molecule has 0 heterocycles. The van der Waals surface area contributed by atoms with Crippen molar-refractivity contribution in [3.63, 3.8) is 0 Å². The molecule has 0 bridgehead atoms. The number of nitrogens with one attached hydrogen (secondary N) is 1. The molecule has 4 nitrogen and oxygen atoms in total. The Bertz CT molecular complexity index is 762. The van der Waals surface area contributed by atoms with Crippen molar-refractivity contribution in [2.45, 2.75) is 17.4 Å². The van der Waals surface area contributed by atoms with Gasteiger partial charge in [0.15, 0.2) is 9.84 Å². The Morgan fingerprint density at radius 1 is 1.00 bits per heavy atom. The molecule has 0 fully saturated rings. The Hall–Kier alpha value is -1.79. The molecular formula is C19H23NO3S2. The van der Waals surface area contributed by atoms with Crippen LogP contribution in [-0.2, 0) is 26.8 Å². The van der Waals surface area contributed by atoms with Crippen LogP contribution in [0.5, 0.6) is 0 Å². The Kier molecular flexibility index (Phi) is 7.52. The fraction of sp³-hybridized carbons (Fsp3) is 0.316. The monoisotopic (exact) mass is 377 g/mol. The zero-order valence-electron chi connectivity index (χ0n) is 14.2. The molecule has 0 aliphatic rings. The summed E-state index contributed by atoms with van der Waals surface area (Å²) in [6, 6.07) is 19.3. The van der Waals surface area contributed by atoms with Crippen LogP contribution in [0, 0.1) is 0 Å². The molecule has 2 rings (SSSR count). The van der Waals surface area contributed by atoms with Crippen molar-refractivity contribution in [3.05, 3.63) is 71.8 Å². The summed E-state index contributed by atoms with van der Waals surface area (Å²) in [5.41, 5.74) is 2.07. The second kappa shape index (κ2) is 9.63. The SMILES string of the molecule is CS(=O)(=O)[C@@H](Cc1ccccc1)C(=O)NCCSCc1ccccc1. The minimum absolute atomic E-state index is 0.197. The zero-order valence-corrected chi connectivity index (χ0v) is 15.9. The van der Waals surface area contributed by atoms with E-state index >= 15 is 0 Å². The van der Waals surface area contributed by atoms with Gasteiger partial charge in [-0.2, -0.15) is 11.8 Å². The molecule has 6 heteroatoms. The van der Waals surface area contributed by atoms with Crippen LogP contribution in [0.3, 0.4) is 0 Å². The van der Waals surface area contributed by atoms with E-state index in [-0.39, 0.29) is 6.42 Å². The molecule has 25 heavy (non-hydrogen) atoms. The van der Waals surface area contributed by atoms with Crippen LogP contribution < -0.4 is 5.32 Å². The van der Waals surface area contributed by atoms with Crippen molar-refractivity contribution in [2.24, 2.45) is 0 Å². The highest BCUT2D eigenvalue weighted by atomic mass is 32.2. The van der Waals surface area contributed by atoms with Gasteiger partial charge in [-0.3, -0.25) is 4.79 Å². The van der Waals surface area contributed by atoms with Crippen LogP contribution in [0.1, 0.15) is 11.1 Å². The number of hydrogen-bond acceptors (Lipinski definition) is 4. The first-order valence-electron chi connectivity index (χ1n) is 8.09. The van der Waals surface area contributed by atoms with Gasteiger partial charge in [0.05, 0.1) is 0 Å².